The average molecular weight is 745 g/mol. The van der Waals surface area contributed by atoms with Crippen molar-refractivity contribution in [3.63, 3.8) is 0 Å². The maximum absolute atomic E-state index is 14.5. The molecular weight excluding hydrogens is 698 g/mol. The molecule has 5 atom stereocenters. The number of hydroxylamine groups is 2. The molecular formula is C40H46N3O11. The van der Waals surface area contributed by atoms with Gasteiger partial charge in [-0.3, -0.25) is 9.59 Å². The van der Waals surface area contributed by atoms with Crippen molar-refractivity contribution in [1.29, 1.82) is 0 Å². The van der Waals surface area contributed by atoms with Crippen LogP contribution in [0.25, 0.3) is 0 Å². The van der Waals surface area contributed by atoms with Crippen molar-refractivity contribution >= 4 is 18.0 Å². The Balaban J connectivity index is 1.22. The lowest BCUT2D eigenvalue weighted by atomic mass is 9.65. The van der Waals surface area contributed by atoms with E-state index in [2.05, 4.69) is 10.6 Å². The first kappa shape index (κ1) is 37.1. The summed E-state index contributed by atoms with van der Waals surface area (Å²) >= 11 is 0. The number of hydrogen-bond donors (Lipinski definition) is 3. The normalized spacial score (nSPS) is 24.4. The first-order valence-electron chi connectivity index (χ1n) is 18.0. The van der Waals surface area contributed by atoms with Gasteiger partial charge in [0.2, 0.25) is 18.4 Å². The molecule has 3 aromatic rings. The number of phenols is 1. The van der Waals surface area contributed by atoms with Crippen molar-refractivity contribution in [3.05, 3.63) is 76.9 Å². The van der Waals surface area contributed by atoms with Crippen LogP contribution in [-0.4, -0.2) is 79.0 Å². The maximum atomic E-state index is 14.5. The summed E-state index contributed by atoms with van der Waals surface area (Å²) in [5.41, 5.74) is 1.27. The summed E-state index contributed by atoms with van der Waals surface area (Å²) in [5.74, 6) is -1.73. The summed E-state index contributed by atoms with van der Waals surface area (Å²) in [7, 11) is 2.85. The van der Waals surface area contributed by atoms with Gasteiger partial charge in [-0.25, -0.2) is 4.79 Å². The standard InChI is InChI=1S/C40H46N3O11/c1-39(2)17-23(18-40(3,4)43(39)48)54-38(47)41-27(12-21-10-8-7-9-11-21)36(45)42-34-25-16-29-28(52-20-53-29)15-24(25)32(33-26(34)19-51-37(33)46)22-13-30(49-5)35(44)31(14-22)50-6/h7-11,13-16,23,26-27,32-34,44H,12,17-20H2,1-6H3,(H,41,47)(H,42,45)/t26-,27-,32+,33-,34+/m0/s1. The SMILES string of the molecule is COc1cc([C@@H]2c3cc4c(cc3[C@@H](NC(=O)[C@H](Cc3ccccc3)NC(=O)OC3CC(C)(C)N([O])C(C)(C)C3)[C@H]3COC(=O)[C@H]23)OCO4)cc(OC)c1O. The van der Waals surface area contributed by atoms with Gasteiger partial charge in [0.15, 0.2) is 23.0 Å². The lowest BCUT2D eigenvalue weighted by Gasteiger charge is -2.49. The highest BCUT2D eigenvalue weighted by Crippen LogP contribution is 2.55. The van der Waals surface area contributed by atoms with Crippen molar-refractivity contribution in [2.24, 2.45) is 11.8 Å². The monoisotopic (exact) mass is 744 g/mol. The minimum atomic E-state index is -1.07. The molecule has 3 aliphatic heterocycles. The fourth-order valence-electron chi connectivity index (χ4n) is 8.74. The number of nitrogens with zero attached hydrogens (tertiary/aromatic N) is 1. The number of ether oxygens (including phenoxy) is 6. The Morgan fingerprint density at radius 1 is 0.926 bits per heavy atom. The molecule has 1 aliphatic carbocycles. The number of phenolic OH excluding ortho intramolecular Hbond substituents is 1. The van der Waals surface area contributed by atoms with Crippen LogP contribution in [0.15, 0.2) is 54.6 Å². The number of methoxy groups -OCH3 is 2. The molecule has 2 saturated heterocycles. The average Bonchev–Trinajstić information content (AvgIpc) is 3.76. The third kappa shape index (κ3) is 6.84. The maximum Gasteiger partial charge on any atom is 0.408 e. The Morgan fingerprint density at radius 3 is 2.15 bits per heavy atom. The van der Waals surface area contributed by atoms with Crippen LogP contribution in [0.5, 0.6) is 28.7 Å². The number of hydrogen-bond acceptors (Lipinski definition) is 11. The Kier molecular flexibility index (Phi) is 9.77. The van der Waals surface area contributed by atoms with Gasteiger partial charge in [-0.1, -0.05) is 30.3 Å². The highest BCUT2D eigenvalue weighted by atomic mass is 16.7. The number of piperidine rings is 1. The number of benzene rings is 3. The topological polar surface area (TPSA) is 174 Å². The Bertz CT molecular complexity index is 1890. The third-order valence-corrected chi connectivity index (χ3v) is 11.1. The molecule has 0 spiro atoms. The van der Waals surface area contributed by atoms with E-state index in [-0.39, 0.29) is 37.1 Å². The minimum absolute atomic E-state index is 0.00304. The van der Waals surface area contributed by atoms with Crippen molar-refractivity contribution in [3.8, 4) is 28.7 Å². The van der Waals surface area contributed by atoms with Gasteiger partial charge in [-0.15, -0.1) is 10.3 Å². The summed E-state index contributed by atoms with van der Waals surface area (Å²) < 4.78 is 34.0. The molecule has 3 aromatic carbocycles. The lowest BCUT2D eigenvalue weighted by Crippen LogP contribution is -2.60. The lowest BCUT2D eigenvalue weighted by molar-refractivity contribution is -0.298. The number of rotatable bonds is 9. The molecule has 14 heteroatoms. The molecule has 0 aromatic heterocycles. The third-order valence-electron chi connectivity index (χ3n) is 11.1. The predicted octanol–water partition coefficient (Wildman–Crippen LogP) is 4.93. The molecule has 7 rings (SSSR count). The Morgan fingerprint density at radius 2 is 1.54 bits per heavy atom. The van der Waals surface area contributed by atoms with Gasteiger partial charge in [0, 0.05) is 42.2 Å². The predicted molar refractivity (Wildman–Crippen MR) is 192 cm³/mol. The number of esters is 1. The van der Waals surface area contributed by atoms with E-state index in [1.54, 1.807) is 12.1 Å². The quantitative estimate of drug-likeness (QED) is 0.254. The van der Waals surface area contributed by atoms with Crippen molar-refractivity contribution in [1.82, 2.24) is 15.7 Å². The molecule has 0 saturated carbocycles. The molecule has 0 unspecified atom stereocenters. The zero-order valence-electron chi connectivity index (χ0n) is 31.2. The molecule has 1 radical (unpaired) electrons. The highest BCUT2D eigenvalue weighted by molar-refractivity contribution is 5.87. The second kappa shape index (κ2) is 14.2. The molecule has 3 N–H and O–H groups in total. The first-order chi connectivity index (χ1) is 25.7. The van der Waals surface area contributed by atoms with E-state index < -0.39 is 65.0 Å². The molecule has 2 amide bonds. The zero-order chi connectivity index (χ0) is 38.5. The van der Waals surface area contributed by atoms with E-state index in [1.165, 1.54) is 14.2 Å². The summed E-state index contributed by atoms with van der Waals surface area (Å²) in [6.45, 7) is 7.30. The van der Waals surface area contributed by atoms with Gasteiger partial charge >= 0.3 is 12.1 Å². The second-order valence-electron chi connectivity index (χ2n) is 15.6. The number of alkyl carbamates (subject to hydrolysis) is 1. The van der Waals surface area contributed by atoms with Gasteiger partial charge < -0.3 is 44.2 Å². The molecule has 54 heavy (non-hydrogen) atoms. The molecule has 287 valence electrons. The fourth-order valence-corrected chi connectivity index (χ4v) is 8.74. The van der Waals surface area contributed by atoms with Crippen LogP contribution in [0.1, 0.15) is 74.8 Å². The van der Waals surface area contributed by atoms with Crippen molar-refractivity contribution in [2.75, 3.05) is 27.6 Å². The Hall–Kier alpha value is -5.21. The van der Waals surface area contributed by atoms with E-state index >= 15 is 0 Å². The minimum Gasteiger partial charge on any atom is -0.502 e. The summed E-state index contributed by atoms with van der Waals surface area (Å²) in [6.07, 6.45) is -0.518. The van der Waals surface area contributed by atoms with Crippen LogP contribution in [0.3, 0.4) is 0 Å². The first-order valence-corrected chi connectivity index (χ1v) is 18.0. The fraction of sp³-hybridized carbons (Fsp3) is 0.475. The van der Waals surface area contributed by atoms with E-state index in [9.17, 15) is 24.7 Å². The van der Waals surface area contributed by atoms with Crippen molar-refractivity contribution in [2.45, 2.75) is 82.1 Å². The number of cyclic esters (lactones) is 1. The van der Waals surface area contributed by atoms with Crippen LogP contribution >= 0.6 is 0 Å². The summed E-state index contributed by atoms with van der Waals surface area (Å²) in [4.78, 5) is 41.7. The second-order valence-corrected chi connectivity index (χ2v) is 15.6. The molecule has 14 nitrogen and oxygen atoms in total. The number of fused-ring (bicyclic) bond motifs is 3. The van der Waals surface area contributed by atoms with E-state index in [1.807, 2.05) is 70.2 Å². The summed E-state index contributed by atoms with van der Waals surface area (Å²) in [5, 5.41) is 30.7. The van der Waals surface area contributed by atoms with Crippen LogP contribution in [0.4, 0.5) is 4.79 Å². The smallest absolute Gasteiger partial charge is 0.408 e. The van der Waals surface area contributed by atoms with Gasteiger partial charge in [0.1, 0.15) is 12.1 Å². The van der Waals surface area contributed by atoms with Gasteiger partial charge in [-0.2, -0.15) is 0 Å². The molecule has 0 bridgehead atoms. The number of nitrogens with one attached hydrogen (secondary N) is 2. The van der Waals surface area contributed by atoms with Crippen molar-refractivity contribution < 1.29 is 53.1 Å². The number of carbonyl (C=O) groups excluding carboxylic acids is 3. The number of amides is 2. The van der Waals surface area contributed by atoms with Gasteiger partial charge in [0.25, 0.3) is 0 Å². The molecule has 3 heterocycles. The highest BCUT2D eigenvalue weighted by Gasteiger charge is 2.53. The largest absolute Gasteiger partial charge is 0.502 e. The Labute approximate surface area is 313 Å². The van der Waals surface area contributed by atoms with Gasteiger partial charge in [-0.05, 0) is 74.2 Å². The van der Waals surface area contributed by atoms with E-state index in [0.717, 1.165) is 10.6 Å². The number of aromatic hydroxyl groups is 1. The van der Waals surface area contributed by atoms with Crippen LogP contribution in [0.2, 0.25) is 0 Å². The summed E-state index contributed by atoms with van der Waals surface area (Å²) in [6, 6.07) is 14.4. The van der Waals surface area contributed by atoms with Crippen LogP contribution in [-0.2, 0) is 30.7 Å². The van der Waals surface area contributed by atoms with Gasteiger partial charge in [0.05, 0.1) is 32.8 Å². The van der Waals surface area contributed by atoms with E-state index in [0.29, 0.717) is 41.0 Å². The molecule has 2 fully saturated rings. The van der Waals surface area contributed by atoms with Crippen LogP contribution in [0, 0.1) is 11.8 Å². The van der Waals surface area contributed by atoms with Crippen LogP contribution < -0.4 is 29.6 Å². The van der Waals surface area contributed by atoms with E-state index in [4.69, 9.17) is 28.4 Å². The number of carbonyl (C=O) groups is 3. The zero-order valence-corrected chi connectivity index (χ0v) is 31.2. The molecule has 4 aliphatic rings.